The fraction of sp³-hybridized carbons (Fsp3) is 0.364. The van der Waals surface area contributed by atoms with Gasteiger partial charge < -0.3 is 9.84 Å². The third-order valence-electron chi connectivity index (χ3n) is 2.70. The molecule has 0 aromatic carbocycles. The fourth-order valence-corrected chi connectivity index (χ4v) is 1.65. The van der Waals surface area contributed by atoms with Gasteiger partial charge in [0, 0.05) is 13.0 Å². The molecule has 0 saturated carbocycles. The Morgan fingerprint density at radius 3 is 2.85 bits per heavy atom. The van der Waals surface area contributed by atoms with Crippen molar-refractivity contribution < 1.29 is 14.2 Å². The highest BCUT2D eigenvalue weighted by molar-refractivity contribution is 5.91. The quantitative estimate of drug-likeness (QED) is 0.653. The van der Waals surface area contributed by atoms with Gasteiger partial charge in [0.15, 0.2) is 5.76 Å². The van der Waals surface area contributed by atoms with E-state index in [1.54, 1.807) is 13.8 Å². The topological polar surface area (TPSA) is 116 Å². The van der Waals surface area contributed by atoms with Gasteiger partial charge in [-0.05, 0) is 13.8 Å². The van der Waals surface area contributed by atoms with E-state index in [1.165, 1.54) is 10.9 Å². The first kappa shape index (κ1) is 13.7. The lowest BCUT2D eigenvalue weighted by Gasteiger charge is -2.04. The Balaban J connectivity index is 1.90. The lowest BCUT2D eigenvalue weighted by molar-refractivity contribution is -0.385. The van der Waals surface area contributed by atoms with Gasteiger partial charge in [-0.3, -0.25) is 19.6 Å². The number of hydrogen-bond donors (Lipinski definition) is 1. The summed E-state index contributed by atoms with van der Waals surface area (Å²) >= 11 is 0. The van der Waals surface area contributed by atoms with Crippen molar-refractivity contribution in [3.8, 4) is 0 Å². The van der Waals surface area contributed by atoms with E-state index in [9.17, 15) is 14.9 Å². The Morgan fingerprint density at radius 2 is 2.30 bits per heavy atom. The van der Waals surface area contributed by atoms with Crippen LogP contribution >= 0.6 is 0 Å². The molecule has 2 aromatic rings. The molecule has 0 bridgehead atoms. The van der Waals surface area contributed by atoms with Gasteiger partial charge in [-0.2, -0.15) is 5.10 Å². The number of aromatic nitrogens is 3. The van der Waals surface area contributed by atoms with Gasteiger partial charge in [-0.25, -0.2) is 0 Å². The van der Waals surface area contributed by atoms with Crippen LogP contribution in [-0.2, 0) is 11.3 Å². The van der Waals surface area contributed by atoms with Gasteiger partial charge in [-0.1, -0.05) is 5.16 Å². The highest BCUT2D eigenvalue weighted by Crippen LogP contribution is 2.18. The Morgan fingerprint density at radius 1 is 1.55 bits per heavy atom. The molecule has 2 heterocycles. The van der Waals surface area contributed by atoms with Crippen molar-refractivity contribution in [3.63, 3.8) is 0 Å². The summed E-state index contributed by atoms with van der Waals surface area (Å²) in [6.45, 7) is 3.68. The van der Waals surface area contributed by atoms with E-state index < -0.39 is 4.92 Å². The number of carbonyl (C=O) groups is 1. The van der Waals surface area contributed by atoms with E-state index in [1.807, 2.05) is 0 Å². The molecule has 1 N–H and O–H groups in total. The van der Waals surface area contributed by atoms with Crippen molar-refractivity contribution in [2.45, 2.75) is 26.8 Å². The second kappa shape index (κ2) is 5.51. The van der Waals surface area contributed by atoms with E-state index in [0.717, 1.165) is 6.20 Å². The highest BCUT2D eigenvalue weighted by Gasteiger charge is 2.13. The smallest absolute Gasteiger partial charge is 0.306 e. The van der Waals surface area contributed by atoms with Gasteiger partial charge in [0.1, 0.15) is 23.8 Å². The van der Waals surface area contributed by atoms with Crippen molar-refractivity contribution in [1.82, 2.24) is 14.9 Å². The van der Waals surface area contributed by atoms with Gasteiger partial charge in [0.25, 0.3) is 0 Å². The molecule has 0 aliphatic rings. The Kier molecular flexibility index (Phi) is 3.78. The number of carbonyl (C=O) groups excluding carboxylic acids is 1. The van der Waals surface area contributed by atoms with Crippen LogP contribution in [0.25, 0.3) is 0 Å². The zero-order chi connectivity index (χ0) is 14.7. The van der Waals surface area contributed by atoms with Gasteiger partial charge >= 0.3 is 5.69 Å². The predicted octanol–water partition coefficient (Wildman–Crippen LogP) is 1.42. The first-order valence-electron chi connectivity index (χ1n) is 5.87. The zero-order valence-corrected chi connectivity index (χ0v) is 11.0. The van der Waals surface area contributed by atoms with Crippen LogP contribution in [0.2, 0.25) is 0 Å². The van der Waals surface area contributed by atoms with E-state index in [4.69, 9.17) is 4.52 Å². The standard InChI is InChI=1S/C11H13N5O4/c1-7-11(8(2)20-14-7)13-10(17)3-4-15-6-9(5-12-15)16(18)19/h5-6H,3-4H2,1-2H3,(H,13,17). The maximum atomic E-state index is 11.8. The van der Waals surface area contributed by atoms with Crippen molar-refractivity contribution in [1.29, 1.82) is 0 Å². The third kappa shape index (κ3) is 2.99. The Hall–Kier alpha value is -2.71. The third-order valence-corrected chi connectivity index (χ3v) is 2.70. The van der Waals surface area contributed by atoms with E-state index >= 15 is 0 Å². The second-order valence-electron chi connectivity index (χ2n) is 4.22. The number of hydrogen-bond acceptors (Lipinski definition) is 6. The van der Waals surface area contributed by atoms with Crippen LogP contribution in [0.3, 0.4) is 0 Å². The van der Waals surface area contributed by atoms with Crippen LogP contribution in [0, 0.1) is 24.0 Å². The monoisotopic (exact) mass is 279 g/mol. The van der Waals surface area contributed by atoms with E-state index in [-0.39, 0.29) is 24.6 Å². The molecule has 0 fully saturated rings. The summed E-state index contributed by atoms with van der Waals surface area (Å²) in [7, 11) is 0. The van der Waals surface area contributed by atoms with Crippen molar-refractivity contribution in [3.05, 3.63) is 34.0 Å². The number of aryl methyl sites for hydroxylation is 3. The molecular formula is C11H13N5O4. The van der Waals surface area contributed by atoms with Gasteiger partial charge in [0.2, 0.25) is 5.91 Å². The molecule has 0 aliphatic carbocycles. The van der Waals surface area contributed by atoms with Crippen LogP contribution in [0.5, 0.6) is 0 Å². The van der Waals surface area contributed by atoms with Crippen LogP contribution in [0.1, 0.15) is 17.9 Å². The van der Waals surface area contributed by atoms with Crippen LogP contribution in [0.15, 0.2) is 16.9 Å². The lowest BCUT2D eigenvalue weighted by atomic mass is 10.3. The number of nitro groups is 1. The summed E-state index contributed by atoms with van der Waals surface area (Å²) in [6, 6.07) is 0. The number of anilines is 1. The molecule has 0 spiro atoms. The molecule has 2 rings (SSSR count). The molecule has 1 amide bonds. The number of nitrogens with zero attached hydrogens (tertiary/aromatic N) is 4. The van der Waals surface area contributed by atoms with Gasteiger partial charge in [0.05, 0.1) is 4.92 Å². The number of amides is 1. The average molecular weight is 279 g/mol. The summed E-state index contributed by atoms with van der Waals surface area (Å²) in [5, 5.41) is 20.7. The molecule has 0 aliphatic heterocycles. The molecule has 0 saturated heterocycles. The largest absolute Gasteiger partial charge is 0.359 e. The normalized spacial score (nSPS) is 10.5. The minimum absolute atomic E-state index is 0.101. The molecule has 9 heteroatoms. The molecule has 20 heavy (non-hydrogen) atoms. The predicted molar refractivity (Wildman–Crippen MR) is 68.1 cm³/mol. The minimum atomic E-state index is -0.534. The Labute approximate surface area is 113 Å². The minimum Gasteiger partial charge on any atom is -0.359 e. The maximum Gasteiger partial charge on any atom is 0.306 e. The fourth-order valence-electron chi connectivity index (χ4n) is 1.65. The molecular weight excluding hydrogens is 266 g/mol. The molecule has 9 nitrogen and oxygen atoms in total. The summed E-state index contributed by atoms with van der Waals surface area (Å²) in [5.41, 5.74) is 1.06. The SMILES string of the molecule is Cc1noc(C)c1NC(=O)CCn1cc([N+](=O)[O-])cn1. The summed E-state index contributed by atoms with van der Waals surface area (Å²) in [4.78, 5) is 21.7. The zero-order valence-electron chi connectivity index (χ0n) is 11.0. The molecule has 0 unspecified atom stereocenters. The van der Waals surface area contributed by atoms with Crippen molar-refractivity contribution in [2.75, 3.05) is 5.32 Å². The van der Waals surface area contributed by atoms with Gasteiger partial charge in [-0.15, -0.1) is 0 Å². The number of rotatable bonds is 5. The molecule has 106 valence electrons. The second-order valence-corrected chi connectivity index (χ2v) is 4.22. The maximum absolute atomic E-state index is 11.8. The van der Waals surface area contributed by atoms with Crippen LogP contribution < -0.4 is 5.32 Å². The number of nitrogens with one attached hydrogen (secondary N) is 1. The van der Waals surface area contributed by atoms with Crippen LogP contribution in [0.4, 0.5) is 11.4 Å². The first-order chi connectivity index (χ1) is 9.47. The van der Waals surface area contributed by atoms with Crippen LogP contribution in [-0.4, -0.2) is 25.8 Å². The lowest BCUT2D eigenvalue weighted by Crippen LogP contribution is -2.15. The van der Waals surface area contributed by atoms with E-state index in [2.05, 4.69) is 15.6 Å². The van der Waals surface area contributed by atoms with E-state index in [0.29, 0.717) is 17.1 Å². The summed E-state index contributed by atoms with van der Waals surface area (Å²) in [5.74, 6) is 0.295. The average Bonchev–Trinajstić information content (AvgIpc) is 2.98. The highest BCUT2D eigenvalue weighted by atomic mass is 16.6. The van der Waals surface area contributed by atoms with Crippen molar-refractivity contribution >= 4 is 17.3 Å². The molecule has 0 atom stereocenters. The first-order valence-corrected chi connectivity index (χ1v) is 5.87. The Bertz CT molecular complexity index is 626. The summed E-state index contributed by atoms with van der Waals surface area (Å²) in [6.07, 6.45) is 2.57. The van der Waals surface area contributed by atoms with Crippen molar-refractivity contribution in [2.24, 2.45) is 0 Å². The summed E-state index contributed by atoms with van der Waals surface area (Å²) < 4.78 is 6.28. The molecule has 0 radical (unpaired) electrons. The molecule has 2 aromatic heterocycles.